The van der Waals surface area contributed by atoms with E-state index in [1.54, 1.807) is 25.1 Å². The van der Waals surface area contributed by atoms with Crippen molar-refractivity contribution in [3.05, 3.63) is 65.0 Å². The number of aromatic nitrogens is 1. The zero-order chi connectivity index (χ0) is 20.6. The average molecular weight is 396 g/mol. The molecule has 1 aromatic heterocycles. The molecule has 0 aliphatic heterocycles. The van der Waals surface area contributed by atoms with Crippen LogP contribution in [0.5, 0.6) is 0 Å². The average Bonchev–Trinajstić information content (AvgIpc) is 2.94. The molecule has 2 aromatic carbocycles. The molecule has 0 fully saturated rings. The molecule has 3 aromatic rings. The van der Waals surface area contributed by atoms with Gasteiger partial charge in [0.25, 0.3) is 5.91 Å². The summed E-state index contributed by atoms with van der Waals surface area (Å²) in [6.45, 7) is 7.58. The monoisotopic (exact) mass is 396 g/mol. The molecule has 1 heterocycles. The predicted octanol–water partition coefficient (Wildman–Crippen LogP) is 3.99. The van der Waals surface area contributed by atoms with Crippen molar-refractivity contribution < 1.29 is 13.6 Å². The van der Waals surface area contributed by atoms with Gasteiger partial charge in [0.2, 0.25) is 0 Å². The van der Waals surface area contributed by atoms with Crippen LogP contribution in [0.25, 0.3) is 22.0 Å². The number of nitrogens with one attached hydrogen (secondary N) is 1. The number of aryl methyl sites for hydroxylation is 2. The summed E-state index contributed by atoms with van der Waals surface area (Å²) >= 11 is -2.44. The number of hydrogen-bond donors (Lipinski definition) is 2. The van der Waals surface area contributed by atoms with Gasteiger partial charge in [-0.1, -0.05) is 24.3 Å². The Kier molecular flexibility index (Phi) is 5.40. The molecule has 0 saturated heterocycles. The second-order valence-corrected chi connectivity index (χ2v) is 7.45. The van der Waals surface area contributed by atoms with Crippen LogP contribution in [0.15, 0.2) is 42.6 Å². The molecule has 0 aliphatic carbocycles. The lowest BCUT2D eigenvalue weighted by Gasteiger charge is -2.25. The Morgan fingerprint density at radius 3 is 2.46 bits per heavy atom. The molecule has 1 amide bonds. The van der Waals surface area contributed by atoms with Crippen LogP contribution in [0, 0.1) is 20.8 Å². The Morgan fingerprint density at radius 2 is 1.86 bits per heavy atom. The highest BCUT2D eigenvalue weighted by molar-refractivity contribution is 7.80. The summed E-state index contributed by atoms with van der Waals surface area (Å²) < 4.78 is 24.6. The second kappa shape index (κ2) is 7.61. The first-order chi connectivity index (χ1) is 13.3. The number of nitrogens with two attached hydrogens (primary N) is 1. The minimum absolute atomic E-state index is 0.431. The number of fused-ring (bicyclic) bond motifs is 1. The third-order valence-corrected chi connectivity index (χ3v) is 5.64. The summed E-state index contributed by atoms with van der Waals surface area (Å²) in [5.41, 5.74) is 11.8. The van der Waals surface area contributed by atoms with Crippen LogP contribution in [0.1, 0.15) is 34.1 Å². The Morgan fingerprint density at radius 1 is 1.14 bits per heavy atom. The number of nitrogens with zero attached hydrogens (tertiary/aromatic N) is 1. The van der Waals surface area contributed by atoms with Crippen molar-refractivity contribution in [3.8, 4) is 11.1 Å². The minimum Gasteiger partial charge on any atom is -0.755 e. The number of benzene rings is 2. The lowest BCUT2D eigenvalue weighted by Crippen LogP contribution is -2.19. The highest BCUT2D eigenvalue weighted by atomic mass is 32.2. The Labute approximate surface area is 166 Å². The molecule has 3 rings (SSSR count). The minimum atomic E-state index is -2.44. The molecule has 0 aliphatic rings. The molecule has 6 nitrogen and oxygen atoms in total. The van der Waals surface area contributed by atoms with Crippen molar-refractivity contribution in [3.63, 3.8) is 0 Å². The van der Waals surface area contributed by atoms with Gasteiger partial charge in [0, 0.05) is 17.3 Å². The molecular weight excluding hydrogens is 374 g/mol. The van der Waals surface area contributed by atoms with Crippen LogP contribution in [0.2, 0.25) is 0 Å². The summed E-state index contributed by atoms with van der Waals surface area (Å²) in [6.07, 6.45) is 3.17. The number of aromatic amines is 1. The van der Waals surface area contributed by atoms with Gasteiger partial charge in [-0.15, -0.1) is 0 Å². The molecule has 28 heavy (non-hydrogen) atoms. The van der Waals surface area contributed by atoms with Gasteiger partial charge in [-0.25, -0.2) is 0 Å². The van der Waals surface area contributed by atoms with Gasteiger partial charge in [0.05, 0.1) is 28.0 Å². The maximum absolute atomic E-state index is 11.9. The van der Waals surface area contributed by atoms with Crippen molar-refractivity contribution in [1.29, 1.82) is 0 Å². The first-order valence-electron chi connectivity index (χ1n) is 8.81. The number of carbonyl (C=O) groups excluding carboxylic acids is 1. The predicted molar refractivity (Wildman–Crippen MR) is 113 cm³/mol. The number of anilines is 1. The third kappa shape index (κ3) is 3.23. The SMILES string of the molecule is CC=CN(c1cccc(-c2ccc(C(N)=O)c3[nH]c(C)c(C)c23)c1C)S(=O)[O-]. The van der Waals surface area contributed by atoms with E-state index in [2.05, 4.69) is 4.98 Å². The number of amides is 1. The van der Waals surface area contributed by atoms with Gasteiger partial charge in [-0.3, -0.25) is 13.3 Å². The number of carbonyl (C=O) groups is 1. The zero-order valence-electron chi connectivity index (χ0n) is 16.2. The van der Waals surface area contributed by atoms with E-state index in [0.717, 1.165) is 33.3 Å². The number of hydrogen-bond acceptors (Lipinski definition) is 3. The quantitative estimate of drug-likeness (QED) is 0.637. The van der Waals surface area contributed by atoms with Crippen LogP contribution in [0.4, 0.5) is 5.69 Å². The van der Waals surface area contributed by atoms with Crippen molar-refractivity contribution in [2.75, 3.05) is 4.31 Å². The maximum atomic E-state index is 11.9. The van der Waals surface area contributed by atoms with Crippen molar-refractivity contribution in [1.82, 2.24) is 4.98 Å². The van der Waals surface area contributed by atoms with Crippen molar-refractivity contribution in [2.24, 2.45) is 5.73 Å². The van der Waals surface area contributed by atoms with Crippen molar-refractivity contribution >= 4 is 33.8 Å². The van der Waals surface area contributed by atoms with Crippen LogP contribution < -0.4 is 10.0 Å². The third-order valence-electron chi connectivity index (χ3n) is 5.00. The molecule has 3 N–H and O–H groups in total. The molecule has 1 unspecified atom stereocenters. The van der Waals surface area contributed by atoms with Gasteiger partial charge in [0.15, 0.2) is 0 Å². The van der Waals surface area contributed by atoms with Gasteiger partial charge < -0.3 is 15.3 Å². The van der Waals surface area contributed by atoms with Crippen LogP contribution >= 0.6 is 0 Å². The summed E-state index contributed by atoms with van der Waals surface area (Å²) in [6, 6.07) is 9.10. The summed E-state index contributed by atoms with van der Waals surface area (Å²) in [5, 5.41) is 0.912. The smallest absolute Gasteiger partial charge is 0.250 e. The molecule has 0 bridgehead atoms. The van der Waals surface area contributed by atoms with Gasteiger partial charge in [-0.2, -0.15) is 0 Å². The van der Waals surface area contributed by atoms with Gasteiger partial charge in [-0.05, 0) is 62.1 Å². The Hall–Kier alpha value is -2.90. The normalized spacial score (nSPS) is 12.6. The largest absolute Gasteiger partial charge is 0.755 e. The molecular formula is C21H22N3O3S-. The molecule has 0 spiro atoms. The highest BCUT2D eigenvalue weighted by Gasteiger charge is 2.19. The summed E-state index contributed by atoms with van der Waals surface area (Å²) in [5.74, 6) is -0.496. The first-order valence-corrected chi connectivity index (χ1v) is 9.84. The van der Waals surface area contributed by atoms with E-state index < -0.39 is 17.2 Å². The lowest BCUT2D eigenvalue weighted by molar-refractivity contribution is 0.100. The highest BCUT2D eigenvalue weighted by Crippen LogP contribution is 2.38. The van der Waals surface area contributed by atoms with E-state index >= 15 is 0 Å². The van der Waals surface area contributed by atoms with E-state index in [1.165, 1.54) is 10.5 Å². The topological polar surface area (TPSA) is 102 Å². The fourth-order valence-corrected chi connectivity index (χ4v) is 4.10. The van der Waals surface area contributed by atoms with Crippen molar-refractivity contribution in [2.45, 2.75) is 27.7 Å². The fourth-order valence-electron chi connectivity index (χ4n) is 3.52. The van der Waals surface area contributed by atoms with E-state index in [4.69, 9.17) is 5.73 Å². The first kappa shape index (κ1) is 19.9. The maximum Gasteiger partial charge on any atom is 0.250 e. The van der Waals surface area contributed by atoms with E-state index in [9.17, 15) is 13.6 Å². The van der Waals surface area contributed by atoms with Gasteiger partial charge >= 0.3 is 0 Å². The molecule has 146 valence electrons. The molecule has 1 atom stereocenters. The second-order valence-electron chi connectivity index (χ2n) is 6.62. The van der Waals surface area contributed by atoms with E-state index in [-0.39, 0.29) is 0 Å². The number of H-pyrrole nitrogens is 1. The zero-order valence-corrected chi connectivity index (χ0v) is 17.0. The lowest BCUT2D eigenvalue weighted by atomic mass is 9.93. The standard InChI is InChI=1S/C21H23N3O3S/c1-5-11-24(28(26)27)18-8-6-7-15(13(18)3)16-9-10-17(21(22)25)20-19(16)12(2)14(4)23-20/h5-11,23H,1-4H3,(H2,22,25)(H,26,27)/p-1. The van der Waals surface area contributed by atoms with Crippen LogP contribution in [0.3, 0.4) is 0 Å². The van der Waals surface area contributed by atoms with Crippen LogP contribution in [-0.2, 0) is 11.3 Å². The summed E-state index contributed by atoms with van der Waals surface area (Å²) in [7, 11) is 0. The van der Waals surface area contributed by atoms with Gasteiger partial charge in [0.1, 0.15) is 0 Å². The number of rotatable bonds is 5. The Balaban J connectivity index is 2.33. The molecule has 0 radical (unpaired) electrons. The summed E-state index contributed by atoms with van der Waals surface area (Å²) in [4.78, 5) is 15.1. The number of primary amides is 1. The Bertz CT molecular complexity index is 1130. The van der Waals surface area contributed by atoms with E-state index in [1.807, 2.05) is 39.0 Å². The molecule has 7 heteroatoms. The number of allylic oxidation sites excluding steroid dienone is 1. The fraction of sp³-hybridized carbons (Fsp3) is 0.190. The van der Waals surface area contributed by atoms with Crippen LogP contribution in [-0.4, -0.2) is 19.7 Å². The van der Waals surface area contributed by atoms with E-state index in [0.29, 0.717) is 16.8 Å². The molecule has 0 saturated carbocycles.